The number of benzene rings is 3. The molecule has 1 amide bonds. The van der Waals surface area contributed by atoms with E-state index in [1.807, 2.05) is 65.6 Å². The summed E-state index contributed by atoms with van der Waals surface area (Å²) in [6.07, 6.45) is 0. The van der Waals surface area contributed by atoms with E-state index < -0.39 is 0 Å². The molecule has 5 rings (SSSR count). The number of halogens is 1. The van der Waals surface area contributed by atoms with Gasteiger partial charge in [0.05, 0.1) is 9.95 Å². The van der Waals surface area contributed by atoms with Crippen molar-refractivity contribution >= 4 is 56.0 Å². The molecule has 2 heterocycles. The lowest BCUT2D eigenvalue weighted by Crippen LogP contribution is -2.48. The van der Waals surface area contributed by atoms with Crippen molar-refractivity contribution in [2.24, 2.45) is 0 Å². The number of fused-ring (bicyclic) bond motifs is 1. The van der Waals surface area contributed by atoms with Gasteiger partial charge in [-0.1, -0.05) is 60.1 Å². The van der Waals surface area contributed by atoms with E-state index in [1.54, 1.807) is 6.07 Å². The molecule has 1 aromatic heterocycles. The average Bonchev–Trinajstić information content (AvgIpc) is 3.24. The zero-order valence-corrected chi connectivity index (χ0v) is 20.4. The third kappa shape index (κ3) is 4.80. The van der Waals surface area contributed by atoms with Crippen LogP contribution in [0.4, 0.5) is 17.1 Å². The third-order valence-electron chi connectivity index (χ3n) is 6.16. The monoisotopic (exact) mass is 506 g/mol. The number of thiophene rings is 1. The van der Waals surface area contributed by atoms with Crippen molar-refractivity contribution in [3.8, 4) is 0 Å². The lowest BCUT2D eigenvalue weighted by molar-refractivity contribution is -0.384. The summed E-state index contributed by atoms with van der Waals surface area (Å²) < 4.78 is 1.00. The smallest absolute Gasteiger partial charge is 0.292 e. The van der Waals surface area contributed by atoms with Crippen LogP contribution in [0, 0.1) is 10.1 Å². The van der Waals surface area contributed by atoms with Crippen LogP contribution in [0.25, 0.3) is 10.1 Å². The Morgan fingerprint density at radius 3 is 2.43 bits per heavy atom. The fourth-order valence-electron chi connectivity index (χ4n) is 4.28. The van der Waals surface area contributed by atoms with E-state index in [0.29, 0.717) is 48.3 Å². The number of rotatable bonds is 6. The summed E-state index contributed by atoms with van der Waals surface area (Å²) in [5, 5.41) is 16.2. The molecule has 35 heavy (non-hydrogen) atoms. The molecule has 1 saturated heterocycles. The number of nitro benzene ring substituents is 1. The molecular weight excluding hydrogens is 484 g/mol. The van der Waals surface area contributed by atoms with Crippen LogP contribution < -0.4 is 10.2 Å². The quantitative estimate of drug-likeness (QED) is 0.255. The molecule has 3 aromatic carbocycles. The number of carbonyl (C=O) groups excluding carboxylic acids is 1. The van der Waals surface area contributed by atoms with Crippen LogP contribution in [-0.2, 0) is 6.54 Å². The SMILES string of the molecule is O=C(c1sc2ccccc2c1Cl)N1CCN(c2ccc([N+](=O)[O-])c(NCc3ccccc3)c2)CC1. The van der Waals surface area contributed by atoms with Gasteiger partial charge < -0.3 is 15.1 Å². The highest BCUT2D eigenvalue weighted by Crippen LogP contribution is 2.36. The first-order chi connectivity index (χ1) is 17.0. The maximum atomic E-state index is 13.2. The first-order valence-electron chi connectivity index (χ1n) is 11.3. The van der Waals surface area contributed by atoms with Crippen LogP contribution in [0.15, 0.2) is 72.8 Å². The van der Waals surface area contributed by atoms with Gasteiger partial charge in [-0.15, -0.1) is 11.3 Å². The van der Waals surface area contributed by atoms with Gasteiger partial charge in [0.1, 0.15) is 10.6 Å². The Kier molecular flexibility index (Phi) is 6.57. The minimum Gasteiger partial charge on any atom is -0.375 e. The van der Waals surface area contributed by atoms with Gasteiger partial charge in [0.25, 0.3) is 11.6 Å². The van der Waals surface area contributed by atoms with E-state index in [0.717, 1.165) is 21.3 Å². The Morgan fingerprint density at radius 1 is 1.00 bits per heavy atom. The summed E-state index contributed by atoms with van der Waals surface area (Å²) in [7, 11) is 0. The number of hydrogen-bond donors (Lipinski definition) is 1. The Labute approximate surface area is 211 Å². The largest absolute Gasteiger partial charge is 0.375 e. The number of carbonyl (C=O) groups is 1. The molecule has 0 bridgehead atoms. The zero-order chi connectivity index (χ0) is 24.4. The van der Waals surface area contributed by atoms with Gasteiger partial charge in [-0.2, -0.15) is 0 Å². The molecule has 9 heteroatoms. The van der Waals surface area contributed by atoms with Crippen molar-refractivity contribution in [2.75, 3.05) is 36.4 Å². The number of anilines is 2. The Bertz CT molecular complexity index is 1380. The van der Waals surface area contributed by atoms with E-state index >= 15 is 0 Å². The standard InChI is InChI=1S/C26H23ClN4O3S/c27-24-20-8-4-5-9-23(20)35-25(24)26(32)30-14-12-29(13-15-30)19-10-11-22(31(33)34)21(16-19)28-17-18-6-2-1-3-7-18/h1-11,16,28H,12-15,17H2. The number of nitrogens with zero attached hydrogens (tertiary/aromatic N) is 3. The van der Waals surface area contributed by atoms with Crippen molar-refractivity contribution in [3.05, 3.63) is 98.4 Å². The van der Waals surface area contributed by atoms with Crippen LogP contribution >= 0.6 is 22.9 Å². The van der Waals surface area contributed by atoms with Gasteiger partial charge in [-0.25, -0.2) is 0 Å². The number of nitrogens with one attached hydrogen (secondary N) is 1. The Morgan fingerprint density at radius 2 is 1.71 bits per heavy atom. The van der Waals surface area contributed by atoms with E-state index in [2.05, 4.69) is 10.2 Å². The molecule has 0 radical (unpaired) electrons. The molecule has 1 N–H and O–H groups in total. The summed E-state index contributed by atoms with van der Waals surface area (Å²) in [6.45, 7) is 2.85. The Balaban J connectivity index is 1.29. The van der Waals surface area contributed by atoms with Crippen LogP contribution in [0.3, 0.4) is 0 Å². The molecule has 7 nitrogen and oxygen atoms in total. The van der Waals surface area contributed by atoms with Gasteiger partial charge in [0.15, 0.2) is 0 Å². The summed E-state index contributed by atoms with van der Waals surface area (Å²) >= 11 is 7.94. The summed E-state index contributed by atoms with van der Waals surface area (Å²) in [5.41, 5.74) is 2.45. The summed E-state index contributed by atoms with van der Waals surface area (Å²) in [5.74, 6) is -0.0511. The molecule has 0 aliphatic carbocycles. The number of piperazine rings is 1. The second-order valence-corrected chi connectivity index (χ2v) is 9.75. The topological polar surface area (TPSA) is 78.7 Å². The fourth-order valence-corrected chi connectivity index (χ4v) is 5.76. The van der Waals surface area contributed by atoms with E-state index in [-0.39, 0.29) is 16.5 Å². The molecule has 4 aromatic rings. The van der Waals surface area contributed by atoms with Crippen molar-refractivity contribution in [1.29, 1.82) is 0 Å². The highest BCUT2D eigenvalue weighted by molar-refractivity contribution is 7.21. The molecule has 1 aliphatic heterocycles. The lowest BCUT2D eigenvalue weighted by atomic mass is 10.1. The number of hydrogen-bond acceptors (Lipinski definition) is 6. The molecule has 0 atom stereocenters. The molecule has 0 spiro atoms. The maximum absolute atomic E-state index is 13.2. The van der Waals surface area contributed by atoms with Crippen molar-refractivity contribution in [3.63, 3.8) is 0 Å². The second-order valence-electron chi connectivity index (χ2n) is 8.32. The molecule has 0 unspecified atom stereocenters. The van der Waals surface area contributed by atoms with E-state index in [9.17, 15) is 14.9 Å². The van der Waals surface area contributed by atoms with Crippen LogP contribution in [0.1, 0.15) is 15.2 Å². The maximum Gasteiger partial charge on any atom is 0.292 e. The molecule has 1 aliphatic rings. The van der Waals surface area contributed by atoms with Gasteiger partial charge >= 0.3 is 0 Å². The van der Waals surface area contributed by atoms with Crippen molar-refractivity contribution < 1.29 is 9.72 Å². The number of nitro groups is 1. The fraction of sp³-hybridized carbons (Fsp3) is 0.192. The van der Waals surface area contributed by atoms with Gasteiger partial charge in [0.2, 0.25) is 0 Å². The second kappa shape index (κ2) is 9.93. The van der Waals surface area contributed by atoms with Crippen molar-refractivity contribution in [2.45, 2.75) is 6.54 Å². The van der Waals surface area contributed by atoms with E-state index in [1.165, 1.54) is 17.4 Å². The average molecular weight is 507 g/mol. The summed E-state index contributed by atoms with van der Waals surface area (Å²) in [4.78, 5) is 28.9. The predicted octanol–water partition coefficient (Wildman–Crippen LogP) is 6.04. The minimum absolute atomic E-state index is 0.0397. The molecular formula is C26H23ClN4O3S. The Hall–Kier alpha value is -3.62. The zero-order valence-electron chi connectivity index (χ0n) is 18.8. The van der Waals surface area contributed by atoms with Crippen LogP contribution in [0.5, 0.6) is 0 Å². The van der Waals surface area contributed by atoms with Crippen LogP contribution in [0.2, 0.25) is 5.02 Å². The minimum atomic E-state index is -0.373. The summed E-state index contributed by atoms with van der Waals surface area (Å²) in [6, 6.07) is 22.7. The number of amides is 1. The molecule has 0 saturated carbocycles. The third-order valence-corrected chi connectivity index (χ3v) is 7.83. The highest BCUT2D eigenvalue weighted by atomic mass is 35.5. The van der Waals surface area contributed by atoms with Gasteiger partial charge in [-0.05, 0) is 23.8 Å². The molecule has 178 valence electrons. The molecule has 1 fully saturated rings. The predicted molar refractivity (Wildman–Crippen MR) is 142 cm³/mol. The van der Waals surface area contributed by atoms with Gasteiger partial charge in [0, 0.05) is 54.6 Å². The lowest BCUT2D eigenvalue weighted by Gasteiger charge is -2.36. The first-order valence-corrected chi connectivity index (χ1v) is 12.5. The van der Waals surface area contributed by atoms with Crippen LogP contribution in [-0.4, -0.2) is 41.9 Å². The normalized spacial score (nSPS) is 13.7. The van der Waals surface area contributed by atoms with Gasteiger partial charge in [-0.3, -0.25) is 14.9 Å². The highest BCUT2D eigenvalue weighted by Gasteiger charge is 2.27. The van der Waals surface area contributed by atoms with Crippen molar-refractivity contribution in [1.82, 2.24) is 4.90 Å². The first kappa shape index (κ1) is 23.1. The van der Waals surface area contributed by atoms with E-state index in [4.69, 9.17) is 11.6 Å².